The second-order valence-corrected chi connectivity index (χ2v) is 5.77. The molecule has 0 spiro atoms. The van der Waals surface area contributed by atoms with Crippen molar-refractivity contribution in [1.82, 2.24) is 14.9 Å². The molecule has 3 heterocycles. The van der Waals surface area contributed by atoms with Crippen molar-refractivity contribution < 1.29 is 4.74 Å². The summed E-state index contributed by atoms with van der Waals surface area (Å²) in [6.45, 7) is 7.47. The van der Waals surface area contributed by atoms with Crippen LogP contribution in [0.3, 0.4) is 0 Å². The second kappa shape index (κ2) is 6.24. The van der Waals surface area contributed by atoms with E-state index in [1.807, 2.05) is 13.0 Å². The van der Waals surface area contributed by atoms with Crippen LogP contribution in [0.1, 0.15) is 25.6 Å². The Hall–Kier alpha value is -0.910. The molecule has 5 nitrogen and oxygen atoms in total. The minimum atomic E-state index is 0.424. The number of piperazine rings is 1. The summed E-state index contributed by atoms with van der Waals surface area (Å²) in [7, 11) is 0. The van der Waals surface area contributed by atoms with Gasteiger partial charge in [0.05, 0.1) is 0 Å². The van der Waals surface area contributed by atoms with Gasteiger partial charge in [-0.25, -0.2) is 9.97 Å². The van der Waals surface area contributed by atoms with Crippen LogP contribution in [0, 0.1) is 0 Å². The summed E-state index contributed by atoms with van der Waals surface area (Å²) < 4.78 is 5.38. The Morgan fingerprint density at radius 2 is 2.25 bits per heavy atom. The Morgan fingerprint density at radius 1 is 1.35 bits per heavy atom. The fourth-order valence-corrected chi connectivity index (χ4v) is 3.27. The molecule has 0 aliphatic carbocycles. The summed E-state index contributed by atoms with van der Waals surface area (Å²) >= 11 is 6.12. The van der Waals surface area contributed by atoms with Gasteiger partial charge in [0, 0.05) is 38.3 Å². The molecule has 110 valence electrons. The quantitative estimate of drug-likeness (QED) is 0.795. The topological polar surface area (TPSA) is 41.5 Å². The Balaban J connectivity index is 1.74. The number of rotatable bonds is 4. The average molecular weight is 297 g/mol. The Labute approximate surface area is 124 Å². The van der Waals surface area contributed by atoms with Crippen LogP contribution in [0.2, 0.25) is 5.15 Å². The fraction of sp³-hybridized carbons (Fsp3) is 0.714. The Bertz CT molecular complexity index is 470. The third kappa shape index (κ3) is 3.05. The number of halogens is 1. The van der Waals surface area contributed by atoms with Gasteiger partial charge in [-0.3, -0.25) is 4.90 Å². The molecule has 0 amide bonds. The zero-order valence-electron chi connectivity index (χ0n) is 11.9. The fourth-order valence-electron chi connectivity index (χ4n) is 3.07. The van der Waals surface area contributed by atoms with Crippen molar-refractivity contribution in [2.45, 2.75) is 32.4 Å². The second-order valence-electron chi connectivity index (χ2n) is 5.38. The maximum atomic E-state index is 6.12. The molecule has 2 aliphatic rings. The summed E-state index contributed by atoms with van der Waals surface area (Å²) in [4.78, 5) is 13.7. The van der Waals surface area contributed by atoms with Gasteiger partial charge in [0.2, 0.25) is 0 Å². The van der Waals surface area contributed by atoms with Gasteiger partial charge in [0.1, 0.15) is 17.6 Å². The van der Waals surface area contributed by atoms with Gasteiger partial charge in [0.25, 0.3) is 0 Å². The van der Waals surface area contributed by atoms with Crippen LogP contribution in [0.5, 0.6) is 0 Å². The largest absolute Gasteiger partial charge is 0.374 e. The number of anilines is 1. The van der Waals surface area contributed by atoms with Gasteiger partial charge in [-0.1, -0.05) is 11.6 Å². The molecule has 0 aromatic carbocycles. The first-order valence-electron chi connectivity index (χ1n) is 7.36. The van der Waals surface area contributed by atoms with Gasteiger partial charge in [0.15, 0.2) is 5.82 Å². The van der Waals surface area contributed by atoms with Crippen LogP contribution in [0.15, 0.2) is 6.07 Å². The third-order valence-electron chi connectivity index (χ3n) is 4.07. The molecule has 1 aromatic heterocycles. The zero-order chi connectivity index (χ0) is 13.9. The lowest BCUT2D eigenvalue weighted by molar-refractivity contribution is 0.128. The Morgan fingerprint density at radius 3 is 3.10 bits per heavy atom. The van der Waals surface area contributed by atoms with Gasteiger partial charge < -0.3 is 9.64 Å². The van der Waals surface area contributed by atoms with Crippen LogP contribution < -0.4 is 4.90 Å². The highest BCUT2D eigenvalue weighted by molar-refractivity contribution is 6.29. The smallest absolute Gasteiger partial charge is 0.158 e. The molecule has 1 unspecified atom stereocenters. The highest BCUT2D eigenvalue weighted by atomic mass is 35.5. The summed E-state index contributed by atoms with van der Waals surface area (Å²) in [5, 5.41) is 0.499. The summed E-state index contributed by atoms with van der Waals surface area (Å²) in [5.74, 6) is 1.61. The number of aromatic nitrogens is 2. The molecule has 2 aliphatic heterocycles. The molecule has 6 heteroatoms. The number of ether oxygens (including phenoxy) is 1. The lowest BCUT2D eigenvalue weighted by Gasteiger charge is -2.38. The van der Waals surface area contributed by atoms with E-state index in [0.717, 1.165) is 25.5 Å². The Kier molecular flexibility index (Phi) is 4.38. The highest BCUT2D eigenvalue weighted by Crippen LogP contribution is 2.25. The predicted octanol–water partition coefficient (Wildman–Crippen LogP) is 1.95. The van der Waals surface area contributed by atoms with Crippen LogP contribution in [0.25, 0.3) is 0 Å². The van der Waals surface area contributed by atoms with Crippen molar-refractivity contribution in [2.24, 2.45) is 0 Å². The van der Waals surface area contributed by atoms with Gasteiger partial charge in [-0.2, -0.15) is 0 Å². The van der Waals surface area contributed by atoms with Crippen LogP contribution in [-0.2, 0) is 11.3 Å². The highest BCUT2D eigenvalue weighted by Gasteiger charge is 2.31. The lowest BCUT2D eigenvalue weighted by Crippen LogP contribution is -2.50. The van der Waals surface area contributed by atoms with E-state index in [1.54, 1.807) is 0 Å². The van der Waals surface area contributed by atoms with Crippen molar-refractivity contribution in [3.05, 3.63) is 17.0 Å². The zero-order valence-corrected chi connectivity index (χ0v) is 12.6. The van der Waals surface area contributed by atoms with E-state index in [2.05, 4.69) is 19.8 Å². The van der Waals surface area contributed by atoms with Crippen LogP contribution in [-0.4, -0.2) is 53.7 Å². The average Bonchev–Trinajstić information content (AvgIpc) is 2.92. The SMILES string of the molecule is CCOCc1nc(Cl)cc(N2CCN3CCCC3C2)n1. The van der Waals surface area contributed by atoms with Crippen molar-refractivity contribution in [3.63, 3.8) is 0 Å². The van der Waals surface area contributed by atoms with E-state index in [9.17, 15) is 0 Å². The number of hydrogen-bond acceptors (Lipinski definition) is 5. The molecule has 20 heavy (non-hydrogen) atoms. The molecule has 0 N–H and O–H groups in total. The van der Waals surface area contributed by atoms with Gasteiger partial charge in [-0.05, 0) is 26.3 Å². The molecule has 0 saturated carbocycles. The summed E-state index contributed by atoms with van der Waals surface area (Å²) in [6.07, 6.45) is 2.61. The first kappa shape index (κ1) is 14.0. The predicted molar refractivity (Wildman–Crippen MR) is 79.2 cm³/mol. The van der Waals surface area contributed by atoms with Crippen molar-refractivity contribution >= 4 is 17.4 Å². The molecule has 0 bridgehead atoms. The molecule has 2 fully saturated rings. The first-order chi connectivity index (χ1) is 9.76. The first-order valence-corrected chi connectivity index (χ1v) is 7.74. The van der Waals surface area contributed by atoms with E-state index < -0.39 is 0 Å². The van der Waals surface area contributed by atoms with Crippen molar-refractivity contribution in [1.29, 1.82) is 0 Å². The van der Waals surface area contributed by atoms with Crippen LogP contribution in [0.4, 0.5) is 5.82 Å². The van der Waals surface area contributed by atoms with Gasteiger partial charge in [-0.15, -0.1) is 0 Å². The molecular formula is C14H21ClN4O. The van der Waals surface area contributed by atoms with E-state index in [1.165, 1.54) is 19.4 Å². The molecule has 2 saturated heterocycles. The van der Waals surface area contributed by atoms with Crippen molar-refractivity contribution in [3.8, 4) is 0 Å². The van der Waals surface area contributed by atoms with E-state index >= 15 is 0 Å². The van der Waals surface area contributed by atoms with E-state index in [4.69, 9.17) is 16.3 Å². The summed E-state index contributed by atoms with van der Waals surface area (Å²) in [6, 6.07) is 2.54. The number of nitrogens with zero attached hydrogens (tertiary/aromatic N) is 4. The normalized spacial score (nSPS) is 23.1. The standard InChI is InChI=1S/C14H21ClN4O/c1-2-20-10-13-16-12(15)8-14(17-13)19-7-6-18-5-3-4-11(18)9-19/h8,11H,2-7,9-10H2,1H3. The van der Waals surface area contributed by atoms with Crippen LogP contribution >= 0.6 is 11.6 Å². The van der Waals surface area contributed by atoms with E-state index in [0.29, 0.717) is 30.2 Å². The van der Waals surface area contributed by atoms with E-state index in [-0.39, 0.29) is 0 Å². The van der Waals surface area contributed by atoms with Gasteiger partial charge >= 0.3 is 0 Å². The summed E-state index contributed by atoms with van der Waals surface area (Å²) in [5.41, 5.74) is 0. The minimum absolute atomic E-state index is 0.424. The van der Waals surface area contributed by atoms with Crippen molar-refractivity contribution in [2.75, 3.05) is 37.7 Å². The maximum Gasteiger partial charge on any atom is 0.158 e. The molecule has 0 radical (unpaired) electrons. The molecule has 1 aromatic rings. The maximum absolute atomic E-state index is 6.12. The number of fused-ring (bicyclic) bond motifs is 1. The minimum Gasteiger partial charge on any atom is -0.374 e. The number of hydrogen-bond donors (Lipinski definition) is 0. The molecule has 1 atom stereocenters. The third-order valence-corrected chi connectivity index (χ3v) is 4.27. The molecule has 3 rings (SSSR count). The monoisotopic (exact) mass is 296 g/mol. The lowest BCUT2D eigenvalue weighted by atomic mass is 10.1. The molecular weight excluding hydrogens is 276 g/mol.